The summed E-state index contributed by atoms with van der Waals surface area (Å²) in [5, 5.41) is 9.75. The van der Waals surface area contributed by atoms with Crippen LogP contribution in [0, 0.1) is 0 Å². The van der Waals surface area contributed by atoms with Gasteiger partial charge in [0.05, 0.1) is 23.9 Å². The third kappa shape index (κ3) is 5.14. The van der Waals surface area contributed by atoms with Crippen LogP contribution in [0.4, 0.5) is 5.69 Å². The Kier molecular flexibility index (Phi) is 7.25. The van der Waals surface area contributed by atoms with Gasteiger partial charge in [-0.2, -0.15) is 12.6 Å². The molecule has 30 heavy (non-hydrogen) atoms. The number of hydrogen-bond acceptors (Lipinski definition) is 6. The van der Waals surface area contributed by atoms with Crippen LogP contribution in [-0.4, -0.2) is 35.4 Å². The molecule has 1 aliphatic carbocycles. The van der Waals surface area contributed by atoms with E-state index in [1.54, 1.807) is 0 Å². The smallest absolute Gasteiger partial charge is 0.263 e. The zero-order chi connectivity index (χ0) is 20.8. The summed E-state index contributed by atoms with van der Waals surface area (Å²) in [6.45, 7) is 1.34. The molecule has 2 N–H and O–H groups in total. The standard InChI is InChI=1S/C23H27N3O2S2/c27-23(26-17-5-7-18(8-6-17)28-12-13-29)22-21(10-14-30-22)25-15-16-9-11-24-20-4-2-1-3-19(16)20/h1-4,9-11,14,17-18,25,29H,5-8,12-13,15H2,(H,26,27). The van der Waals surface area contributed by atoms with Crippen LogP contribution in [0.15, 0.2) is 48.0 Å². The van der Waals surface area contributed by atoms with Crippen LogP contribution in [0.2, 0.25) is 0 Å². The summed E-state index contributed by atoms with van der Waals surface area (Å²) < 4.78 is 5.78. The molecule has 0 radical (unpaired) electrons. The number of hydrogen-bond donors (Lipinski definition) is 3. The number of ether oxygens (including phenoxy) is 1. The highest BCUT2D eigenvalue weighted by Crippen LogP contribution is 2.26. The third-order valence-corrected chi connectivity index (χ3v) is 6.63. The Bertz CT molecular complexity index is 978. The predicted octanol–water partition coefficient (Wildman–Crippen LogP) is 4.90. The number of amides is 1. The quantitative estimate of drug-likeness (QED) is 0.435. The maximum absolute atomic E-state index is 12.9. The fourth-order valence-corrected chi connectivity index (χ4v) is 4.85. The van der Waals surface area contributed by atoms with Gasteiger partial charge in [0.1, 0.15) is 4.88 Å². The van der Waals surface area contributed by atoms with Crippen molar-refractivity contribution in [2.24, 2.45) is 0 Å². The van der Waals surface area contributed by atoms with Crippen LogP contribution < -0.4 is 10.6 Å². The van der Waals surface area contributed by atoms with E-state index in [0.29, 0.717) is 19.3 Å². The number of nitrogens with zero attached hydrogens (tertiary/aromatic N) is 1. The Hall–Kier alpha value is -2.09. The SMILES string of the molecule is O=C(NC1CCC(OCCS)CC1)c1sccc1NCc1ccnc2ccccc12. The van der Waals surface area contributed by atoms with Gasteiger partial charge in [-0.25, -0.2) is 0 Å². The third-order valence-electron chi connectivity index (χ3n) is 5.53. The summed E-state index contributed by atoms with van der Waals surface area (Å²) in [5.41, 5.74) is 3.02. The minimum absolute atomic E-state index is 0.00631. The van der Waals surface area contributed by atoms with Gasteiger partial charge in [0, 0.05) is 29.9 Å². The molecule has 0 atom stereocenters. The largest absolute Gasteiger partial charge is 0.380 e. The van der Waals surface area contributed by atoms with Gasteiger partial charge < -0.3 is 15.4 Å². The lowest BCUT2D eigenvalue weighted by Gasteiger charge is -2.29. The Morgan fingerprint density at radius 2 is 2.00 bits per heavy atom. The number of carbonyl (C=O) groups excluding carboxylic acids is 1. The van der Waals surface area contributed by atoms with Crippen molar-refractivity contribution in [1.82, 2.24) is 10.3 Å². The van der Waals surface area contributed by atoms with E-state index < -0.39 is 0 Å². The molecule has 0 unspecified atom stereocenters. The van der Waals surface area contributed by atoms with Crippen molar-refractivity contribution in [1.29, 1.82) is 0 Å². The number of para-hydroxylation sites is 1. The molecule has 1 aromatic carbocycles. The molecule has 0 spiro atoms. The molecule has 2 heterocycles. The van der Waals surface area contributed by atoms with Gasteiger partial charge >= 0.3 is 0 Å². The summed E-state index contributed by atoms with van der Waals surface area (Å²) >= 11 is 5.67. The van der Waals surface area contributed by atoms with Crippen molar-refractivity contribution >= 4 is 46.5 Å². The molecule has 2 aromatic heterocycles. The molecular formula is C23H27N3O2S2. The van der Waals surface area contributed by atoms with Crippen molar-refractivity contribution in [3.63, 3.8) is 0 Å². The molecule has 0 bridgehead atoms. The fourth-order valence-electron chi connectivity index (χ4n) is 3.97. The van der Waals surface area contributed by atoms with Gasteiger partial charge in [0.25, 0.3) is 5.91 Å². The number of nitrogens with one attached hydrogen (secondary N) is 2. The minimum Gasteiger partial charge on any atom is -0.380 e. The van der Waals surface area contributed by atoms with E-state index in [1.165, 1.54) is 11.3 Å². The van der Waals surface area contributed by atoms with E-state index in [1.807, 2.05) is 41.9 Å². The van der Waals surface area contributed by atoms with Gasteiger partial charge in [-0.1, -0.05) is 18.2 Å². The number of anilines is 1. The molecule has 4 rings (SSSR count). The van der Waals surface area contributed by atoms with Crippen LogP contribution in [0.1, 0.15) is 40.9 Å². The van der Waals surface area contributed by atoms with Crippen LogP contribution >= 0.6 is 24.0 Å². The van der Waals surface area contributed by atoms with Crippen molar-refractivity contribution in [3.8, 4) is 0 Å². The molecule has 0 saturated heterocycles. The van der Waals surface area contributed by atoms with Crippen LogP contribution in [-0.2, 0) is 11.3 Å². The van der Waals surface area contributed by atoms with E-state index in [4.69, 9.17) is 4.74 Å². The molecular weight excluding hydrogens is 414 g/mol. The monoisotopic (exact) mass is 441 g/mol. The molecule has 0 aliphatic heterocycles. The summed E-state index contributed by atoms with van der Waals surface area (Å²) in [4.78, 5) is 18.0. The Labute approximate surface area is 186 Å². The zero-order valence-electron chi connectivity index (χ0n) is 16.8. The number of pyridine rings is 1. The lowest BCUT2D eigenvalue weighted by atomic mass is 9.93. The summed E-state index contributed by atoms with van der Waals surface area (Å²) in [5.74, 6) is 0.756. The minimum atomic E-state index is 0.00631. The van der Waals surface area contributed by atoms with Crippen LogP contribution in [0.25, 0.3) is 10.9 Å². The molecule has 7 heteroatoms. The maximum Gasteiger partial charge on any atom is 0.263 e. The first kappa shape index (κ1) is 21.2. The predicted molar refractivity (Wildman–Crippen MR) is 127 cm³/mol. The molecule has 5 nitrogen and oxygen atoms in total. The van der Waals surface area contributed by atoms with E-state index >= 15 is 0 Å². The highest BCUT2D eigenvalue weighted by atomic mass is 32.1. The summed E-state index contributed by atoms with van der Waals surface area (Å²) in [6, 6.07) is 12.3. The number of fused-ring (bicyclic) bond motifs is 1. The molecule has 3 aromatic rings. The first-order valence-electron chi connectivity index (χ1n) is 10.4. The van der Waals surface area contributed by atoms with Gasteiger partial charge in [0.15, 0.2) is 0 Å². The van der Waals surface area contributed by atoms with Gasteiger partial charge in [0.2, 0.25) is 0 Å². The Morgan fingerprint density at radius 1 is 1.17 bits per heavy atom. The Morgan fingerprint density at radius 3 is 2.83 bits per heavy atom. The second-order valence-corrected chi connectivity index (χ2v) is 8.91. The second-order valence-electron chi connectivity index (χ2n) is 7.55. The molecule has 1 fully saturated rings. The van der Waals surface area contributed by atoms with E-state index in [2.05, 4.69) is 34.3 Å². The fraction of sp³-hybridized carbons (Fsp3) is 0.391. The van der Waals surface area contributed by atoms with Crippen molar-refractivity contribution in [2.45, 2.75) is 44.4 Å². The van der Waals surface area contributed by atoms with Crippen molar-refractivity contribution < 1.29 is 9.53 Å². The van der Waals surface area contributed by atoms with E-state index in [0.717, 1.165) is 58.5 Å². The van der Waals surface area contributed by atoms with Crippen molar-refractivity contribution in [2.75, 3.05) is 17.7 Å². The average molecular weight is 442 g/mol. The van der Waals surface area contributed by atoms with Crippen LogP contribution in [0.5, 0.6) is 0 Å². The summed E-state index contributed by atoms with van der Waals surface area (Å²) in [6.07, 6.45) is 6.03. The molecule has 1 aliphatic rings. The lowest BCUT2D eigenvalue weighted by molar-refractivity contribution is 0.0316. The normalized spacial score (nSPS) is 19.0. The van der Waals surface area contributed by atoms with Crippen molar-refractivity contribution in [3.05, 3.63) is 58.4 Å². The second kappa shape index (κ2) is 10.3. The first-order valence-corrected chi connectivity index (χ1v) is 11.9. The zero-order valence-corrected chi connectivity index (χ0v) is 18.6. The van der Waals surface area contributed by atoms with E-state index in [9.17, 15) is 4.79 Å². The highest BCUT2D eigenvalue weighted by molar-refractivity contribution is 7.80. The Balaban J connectivity index is 1.34. The van der Waals surface area contributed by atoms with Gasteiger partial charge in [-0.05, 0) is 54.8 Å². The molecule has 1 amide bonds. The number of thiol groups is 1. The molecule has 158 valence electrons. The van der Waals surface area contributed by atoms with Gasteiger partial charge in [-0.15, -0.1) is 11.3 Å². The maximum atomic E-state index is 12.9. The van der Waals surface area contributed by atoms with Crippen LogP contribution in [0.3, 0.4) is 0 Å². The number of thiophene rings is 1. The number of carbonyl (C=O) groups is 1. The number of rotatable bonds is 8. The van der Waals surface area contributed by atoms with E-state index in [-0.39, 0.29) is 11.9 Å². The highest BCUT2D eigenvalue weighted by Gasteiger charge is 2.24. The number of benzene rings is 1. The molecule has 1 saturated carbocycles. The topological polar surface area (TPSA) is 63.2 Å². The van der Waals surface area contributed by atoms with Gasteiger partial charge in [-0.3, -0.25) is 9.78 Å². The number of aromatic nitrogens is 1. The summed E-state index contributed by atoms with van der Waals surface area (Å²) in [7, 11) is 0. The lowest BCUT2D eigenvalue weighted by Crippen LogP contribution is -2.39. The average Bonchev–Trinajstić information content (AvgIpc) is 3.26. The first-order chi connectivity index (χ1) is 14.7.